The third-order valence-corrected chi connectivity index (χ3v) is 6.26. The van der Waals surface area contributed by atoms with Gasteiger partial charge in [0.25, 0.3) is 0 Å². The van der Waals surface area contributed by atoms with E-state index >= 15 is 0 Å². The van der Waals surface area contributed by atoms with E-state index in [1.165, 1.54) is 25.6 Å². The Balaban J connectivity index is 1.50. The smallest absolute Gasteiger partial charge is 0.226 e. The Morgan fingerprint density at radius 3 is 2.18 bits per heavy atom. The number of benzene rings is 3. The number of methoxy groups -OCH3 is 2. The van der Waals surface area contributed by atoms with Crippen LogP contribution in [0.2, 0.25) is 0 Å². The van der Waals surface area contributed by atoms with E-state index in [-0.39, 0.29) is 24.5 Å². The van der Waals surface area contributed by atoms with Crippen molar-refractivity contribution in [1.29, 1.82) is 0 Å². The van der Waals surface area contributed by atoms with Gasteiger partial charge in [0.2, 0.25) is 5.91 Å². The number of carbonyl (C=O) groups is 2. The summed E-state index contributed by atoms with van der Waals surface area (Å²) < 4.78 is 10.5. The Bertz CT molecular complexity index is 1230. The highest BCUT2D eigenvalue weighted by molar-refractivity contribution is 7.19. The molecule has 7 heteroatoms. The van der Waals surface area contributed by atoms with Crippen LogP contribution in [-0.4, -0.2) is 30.9 Å². The quantitative estimate of drug-likeness (QED) is 0.298. The molecule has 0 spiro atoms. The Morgan fingerprint density at radius 1 is 0.853 bits per heavy atom. The number of ether oxygens (including phenoxy) is 2. The number of amides is 1. The van der Waals surface area contributed by atoms with Crippen molar-refractivity contribution in [1.82, 2.24) is 4.98 Å². The molecule has 1 amide bonds. The average Bonchev–Trinajstić information content (AvgIpc) is 3.31. The second kappa shape index (κ2) is 10.8. The molecule has 0 fully saturated rings. The van der Waals surface area contributed by atoms with Crippen LogP contribution in [0.25, 0.3) is 21.7 Å². The molecule has 34 heavy (non-hydrogen) atoms. The minimum absolute atomic E-state index is 0.0279. The summed E-state index contributed by atoms with van der Waals surface area (Å²) in [6.45, 7) is 0. The summed E-state index contributed by atoms with van der Waals surface area (Å²) in [5, 5.41) is 3.36. The lowest BCUT2D eigenvalue weighted by Crippen LogP contribution is -2.13. The van der Waals surface area contributed by atoms with Gasteiger partial charge >= 0.3 is 0 Å². The average molecular weight is 473 g/mol. The molecule has 1 aromatic heterocycles. The van der Waals surface area contributed by atoms with Crippen molar-refractivity contribution in [3.8, 4) is 33.2 Å². The lowest BCUT2D eigenvalue weighted by atomic mass is 10.0. The molecule has 3 aromatic carbocycles. The van der Waals surface area contributed by atoms with E-state index in [1.54, 1.807) is 18.2 Å². The number of aromatic nitrogens is 1. The summed E-state index contributed by atoms with van der Waals surface area (Å²) >= 11 is 1.41. The van der Waals surface area contributed by atoms with Crippen molar-refractivity contribution < 1.29 is 19.1 Å². The maximum Gasteiger partial charge on any atom is 0.226 e. The standard InChI is InChI=1S/C27H24N2O4S/c1-32-20-13-15-23(33-2)21(17-20)22(30)14-16-24(31)28-27-29-25(18-9-5-3-6-10-18)26(34-27)19-11-7-4-8-12-19/h3-13,15,17H,14,16H2,1-2H3,(H,28,29,31). The molecule has 0 unspecified atom stereocenters. The van der Waals surface area contributed by atoms with Gasteiger partial charge in [-0.25, -0.2) is 4.98 Å². The third kappa shape index (κ3) is 5.32. The van der Waals surface area contributed by atoms with E-state index in [2.05, 4.69) is 5.32 Å². The first-order valence-electron chi connectivity index (χ1n) is 10.8. The lowest BCUT2D eigenvalue weighted by molar-refractivity contribution is -0.116. The predicted molar refractivity (Wildman–Crippen MR) is 135 cm³/mol. The highest BCUT2D eigenvalue weighted by Crippen LogP contribution is 2.39. The van der Waals surface area contributed by atoms with E-state index in [9.17, 15) is 9.59 Å². The van der Waals surface area contributed by atoms with E-state index < -0.39 is 0 Å². The maximum atomic E-state index is 12.7. The van der Waals surface area contributed by atoms with Gasteiger partial charge in [-0.1, -0.05) is 72.0 Å². The van der Waals surface area contributed by atoms with Crippen LogP contribution in [0.4, 0.5) is 5.13 Å². The molecule has 0 aliphatic carbocycles. The monoisotopic (exact) mass is 472 g/mol. The second-order valence-corrected chi connectivity index (χ2v) is 8.47. The lowest BCUT2D eigenvalue weighted by Gasteiger charge is -2.09. The molecule has 0 aliphatic rings. The first-order valence-corrected chi connectivity index (χ1v) is 11.6. The van der Waals surface area contributed by atoms with Crippen molar-refractivity contribution in [2.24, 2.45) is 0 Å². The van der Waals surface area contributed by atoms with Gasteiger partial charge in [-0.15, -0.1) is 0 Å². The Morgan fingerprint density at radius 2 is 1.53 bits per heavy atom. The molecular formula is C27H24N2O4S. The number of carbonyl (C=O) groups excluding carboxylic acids is 2. The van der Waals surface area contributed by atoms with Crippen LogP contribution < -0.4 is 14.8 Å². The minimum atomic E-state index is -0.275. The van der Waals surface area contributed by atoms with Crippen molar-refractivity contribution >= 4 is 28.2 Å². The highest BCUT2D eigenvalue weighted by atomic mass is 32.1. The maximum absolute atomic E-state index is 12.7. The van der Waals surface area contributed by atoms with E-state index in [0.717, 1.165) is 21.7 Å². The molecule has 4 rings (SSSR count). The van der Waals surface area contributed by atoms with Gasteiger partial charge in [0.05, 0.1) is 30.4 Å². The van der Waals surface area contributed by atoms with Gasteiger partial charge in [0, 0.05) is 18.4 Å². The Hall–Kier alpha value is -3.97. The van der Waals surface area contributed by atoms with E-state index in [4.69, 9.17) is 14.5 Å². The van der Waals surface area contributed by atoms with Crippen molar-refractivity contribution in [2.45, 2.75) is 12.8 Å². The first kappa shape index (κ1) is 23.2. The first-order chi connectivity index (χ1) is 16.6. The zero-order valence-electron chi connectivity index (χ0n) is 18.9. The predicted octanol–water partition coefficient (Wildman–Crippen LogP) is 6.10. The van der Waals surface area contributed by atoms with Crippen LogP contribution in [0.3, 0.4) is 0 Å². The molecule has 0 radical (unpaired) electrons. The fourth-order valence-electron chi connectivity index (χ4n) is 3.53. The minimum Gasteiger partial charge on any atom is -0.497 e. The summed E-state index contributed by atoms with van der Waals surface area (Å²) in [5.74, 6) is 0.535. The number of nitrogens with one attached hydrogen (secondary N) is 1. The van der Waals surface area contributed by atoms with Gasteiger partial charge in [0.15, 0.2) is 10.9 Å². The Kier molecular flexibility index (Phi) is 7.34. The molecular weight excluding hydrogens is 448 g/mol. The van der Waals surface area contributed by atoms with Crippen LogP contribution in [0.15, 0.2) is 78.9 Å². The molecule has 1 N–H and O–H groups in total. The number of thiazole rings is 1. The number of ketones is 1. The molecule has 6 nitrogen and oxygen atoms in total. The summed E-state index contributed by atoms with van der Waals surface area (Å²) in [6, 6.07) is 24.8. The number of anilines is 1. The number of rotatable bonds is 9. The second-order valence-electron chi connectivity index (χ2n) is 7.47. The molecule has 172 valence electrons. The molecule has 1 heterocycles. The number of nitrogens with zero attached hydrogens (tertiary/aromatic N) is 1. The normalized spacial score (nSPS) is 10.5. The summed E-state index contributed by atoms with van der Waals surface area (Å²) in [5.41, 5.74) is 3.20. The fourth-order valence-corrected chi connectivity index (χ4v) is 4.54. The highest BCUT2D eigenvalue weighted by Gasteiger charge is 2.18. The Labute approximate surface area is 202 Å². The molecule has 0 saturated carbocycles. The van der Waals surface area contributed by atoms with Crippen molar-refractivity contribution in [2.75, 3.05) is 19.5 Å². The van der Waals surface area contributed by atoms with Crippen LogP contribution >= 0.6 is 11.3 Å². The molecule has 0 aliphatic heterocycles. The van der Waals surface area contributed by atoms with Crippen LogP contribution in [0.1, 0.15) is 23.2 Å². The summed E-state index contributed by atoms with van der Waals surface area (Å²) in [6.07, 6.45) is 0.0674. The topological polar surface area (TPSA) is 77.5 Å². The number of hydrogen-bond acceptors (Lipinski definition) is 6. The largest absolute Gasteiger partial charge is 0.497 e. The molecule has 0 saturated heterocycles. The molecule has 4 aromatic rings. The molecule has 0 atom stereocenters. The summed E-state index contributed by atoms with van der Waals surface area (Å²) in [4.78, 5) is 31.1. The number of hydrogen-bond donors (Lipinski definition) is 1. The van der Waals surface area contributed by atoms with Gasteiger partial charge < -0.3 is 14.8 Å². The van der Waals surface area contributed by atoms with E-state index in [0.29, 0.717) is 22.2 Å². The van der Waals surface area contributed by atoms with Gasteiger partial charge in [0.1, 0.15) is 11.5 Å². The van der Waals surface area contributed by atoms with Crippen LogP contribution in [0.5, 0.6) is 11.5 Å². The fraction of sp³-hybridized carbons (Fsp3) is 0.148. The van der Waals surface area contributed by atoms with Crippen molar-refractivity contribution in [3.63, 3.8) is 0 Å². The molecule has 0 bridgehead atoms. The van der Waals surface area contributed by atoms with Crippen LogP contribution in [-0.2, 0) is 4.79 Å². The SMILES string of the molecule is COc1ccc(OC)c(C(=O)CCC(=O)Nc2nc(-c3ccccc3)c(-c3ccccc3)s2)c1. The van der Waals surface area contributed by atoms with E-state index in [1.807, 2.05) is 60.7 Å². The van der Waals surface area contributed by atoms with Gasteiger partial charge in [-0.3, -0.25) is 9.59 Å². The van der Waals surface area contributed by atoms with Gasteiger partial charge in [-0.05, 0) is 23.8 Å². The summed E-state index contributed by atoms with van der Waals surface area (Å²) in [7, 11) is 3.04. The zero-order chi connectivity index (χ0) is 23.9. The zero-order valence-corrected chi connectivity index (χ0v) is 19.7. The number of Topliss-reactive ketones (excluding diaryl/α,β-unsaturated/α-hetero) is 1. The third-order valence-electron chi connectivity index (χ3n) is 5.24. The van der Waals surface area contributed by atoms with Crippen molar-refractivity contribution in [3.05, 3.63) is 84.4 Å². The van der Waals surface area contributed by atoms with Crippen LogP contribution in [0, 0.1) is 0 Å². The van der Waals surface area contributed by atoms with Gasteiger partial charge in [-0.2, -0.15) is 0 Å².